The molecule has 2 heteroatoms. The summed E-state index contributed by atoms with van der Waals surface area (Å²) >= 11 is 0. The molecule has 78 valence electrons. The third-order valence-corrected chi connectivity index (χ3v) is 2.22. The predicted octanol–water partition coefficient (Wildman–Crippen LogP) is 3.00. The number of ether oxygens (including phenoxy) is 2. The van der Waals surface area contributed by atoms with Crippen molar-refractivity contribution < 1.29 is 9.47 Å². The zero-order valence-corrected chi connectivity index (χ0v) is 9.55. The molecule has 0 atom stereocenters. The van der Waals surface area contributed by atoms with Crippen LogP contribution < -0.4 is 9.47 Å². The summed E-state index contributed by atoms with van der Waals surface area (Å²) in [5.41, 5.74) is 1.29. The van der Waals surface area contributed by atoms with Crippen molar-refractivity contribution >= 4 is 0 Å². The standard InChI is InChI=1S/C12H18O2/c1-12(2,3)10-7-6-9(13-4)8-11(10)14-5/h6-8H,1-5H3. The van der Waals surface area contributed by atoms with Gasteiger partial charge in [0.15, 0.2) is 0 Å². The highest BCUT2D eigenvalue weighted by molar-refractivity contribution is 5.44. The lowest BCUT2D eigenvalue weighted by atomic mass is 9.86. The van der Waals surface area contributed by atoms with E-state index in [2.05, 4.69) is 26.8 Å². The third kappa shape index (κ3) is 2.19. The molecule has 0 saturated carbocycles. The fourth-order valence-electron chi connectivity index (χ4n) is 1.42. The van der Waals surface area contributed by atoms with Crippen LogP contribution >= 0.6 is 0 Å². The SMILES string of the molecule is COc1ccc(C(C)(C)C)c(OC)c1. The second-order valence-electron chi connectivity index (χ2n) is 4.32. The van der Waals surface area contributed by atoms with Gasteiger partial charge in [0.25, 0.3) is 0 Å². The lowest BCUT2D eigenvalue weighted by Crippen LogP contribution is -2.12. The summed E-state index contributed by atoms with van der Waals surface area (Å²) in [4.78, 5) is 0. The van der Waals surface area contributed by atoms with Gasteiger partial charge in [0, 0.05) is 6.07 Å². The van der Waals surface area contributed by atoms with E-state index < -0.39 is 0 Å². The van der Waals surface area contributed by atoms with Crippen LogP contribution in [0.2, 0.25) is 0 Å². The molecule has 0 aromatic heterocycles. The normalized spacial score (nSPS) is 11.2. The zero-order chi connectivity index (χ0) is 10.8. The van der Waals surface area contributed by atoms with Crippen LogP contribution in [0.4, 0.5) is 0 Å². The average Bonchev–Trinajstić information content (AvgIpc) is 2.15. The topological polar surface area (TPSA) is 18.5 Å². The van der Waals surface area contributed by atoms with Crippen molar-refractivity contribution in [3.63, 3.8) is 0 Å². The molecule has 0 radical (unpaired) electrons. The van der Waals surface area contributed by atoms with E-state index in [4.69, 9.17) is 9.47 Å². The van der Waals surface area contributed by atoms with Gasteiger partial charge in [-0.1, -0.05) is 26.8 Å². The van der Waals surface area contributed by atoms with Crippen molar-refractivity contribution in [2.75, 3.05) is 14.2 Å². The van der Waals surface area contributed by atoms with Gasteiger partial charge in [-0.15, -0.1) is 0 Å². The zero-order valence-electron chi connectivity index (χ0n) is 9.55. The summed E-state index contributed by atoms with van der Waals surface area (Å²) in [7, 11) is 3.34. The number of hydrogen-bond acceptors (Lipinski definition) is 2. The van der Waals surface area contributed by atoms with E-state index in [-0.39, 0.29) is 5.41 Å². The Morgan fingerprint density at radius 3 is 2.07 bits per heavy atom. The predicted molar refractivity (Wildman–Crippen MR) is 58.2 cm³/mol. The molecule has 0 spiro atoms. The maximum absolute atomic E-state index is 5.33. The molecule has 1 aromatic rings. The Morgan fingerprint density at radius 2 is 1.64 bits per heavy atom. The van der Waals surface area contributed by atoms with Crippen LogP contribution in [-0.2, 0) is 5.41 Å². The Morgan fingerprint density at radius 1 is 1.00 bits per heavy atom. The second-order valence-corrected chi connectivity index (χ2v) is 4.32. The van der Waals surface area contributed by atoms with Gasteiger partial charge in [-0.25, -0.2) is 0 Å². The first-order valence-electron chi connectivity index (χ1n) is 4.71. The van der Waals surface area contributed by atoms with E-state index in [1.807, 2.05) is 12.1 Å². The molecule has 0 aliphatic heterocycles. The van der Waals surface area contributed by atoms with Crippen molar-refractivity contribution in [1.82, 2.24) is 0 Å². The van der Waals surface area contributed by atoms with Gasteiger partial charge in [-0.05, 0) is 17.0 Å². The Bertz CT molecular complexity index is 311. The van der Waals surface area contributed by atoms with E-state index in [9.17, 15) is 0 Å². The number of rotatable bonds is 2. The highest BCUT2D eigenvalue weighted by Gasteiger charge is 2.18. The van der Waals surface area contributed by atoms with Crippen LogP contribution in [-0.4, -0.2) is 14.2 Å². The molecule has 2 nitrogen and oxygen atoms in total. The van der Waals surface area contributed by atoms with Crippen molar-refractivity contribution in [3.05, 3.63) is 23.8 Å². The first kappa shape index (κ1) is 10.9. The first-order chi connectivity index (χ1) is 6.49. The van der Waals surface area contributed by atoms with Gasteiger partial charge >= 0.3 is 0 Å². The number of benzene rings is 1. The highest BCUT2D eigenvalue weighted by atomic mass is 16.5. The average molecular weight is 194 g/mol. The molecule has 0 bridgehead atoms. The molecule has 0 N–H and O–H groups in total. The van der Waals surface area contributed by atoms with Gasteiger partial charge in [0.05, 0.1) is 14.2 Å². The Kier molecular flexibility index (Phi) is 3.04. The Hall–Kier alpha value is -1.18. The van der Waals surface area contributed by atoms with Crippen LogP contribution in [0, 0.1) is 0 Å². The van der Waals surface area contributed by atoms with E-state index in [1.165, 1.54) is 5.56 Å². The number of methoxy groups -OCH3 is 2. The summed E-state index contributed by atoms with van der Waals surface area (Å²) in [6.45, 7) is 6.49. The fourth-order valence-corrected chi connectivity index (χ4v) is 1.42. The molecule has 0 heterocycles. The molecule has 1 rings (SSSR count). The van der Waals surface area contributed by atoms with Gasteiger partial charge in [-0.2, -0.15) is 0 Å². The van der Waals surface area contributed by atoms with Crippen molar-refractivity contribution in [2.24, 2.45) is 0 Å². The van der Waals surface area contributed by atoms with Crippen LogP contribution in [0.25, 0.3) is 0 Å². The summed E-state index contributed by atoms with van der Waals surface area (Å²) in [6.07, 6.45) is 0. The van der Waals surface area contributed by atoms with Gasteiger partial charge in [0.2, 0.25) is 0 Å². The molecule has 14 heavy (non-hydrogen) atoms. The van der Waals surface area contributed by atoms with Crippen molar-refractivity contribution in [3.8, 4) is 11.5 Å². The lowest BCUT2D eigenvalue weighted by molar-refractivity contribution is 0.383. The molecule has 0 saturated heterocycles. The minimum absolute atomic E-state index is 0.0949. The quantitative estimate of drug-likeness (QED) is 0.720. The van der Waals surface area contributed by atoms with Crippen LogP contribution in [0.5, 0.6) is 11.5 Å². The van der Waals surface area contributed by atoms with Crippen LogP contribution in [0.15, 0.2) is 18.2 Å². The van der Waals surface area contributed by atoms with E-state index in [0.717, 1.165) is 11.5 Å². The lowest BCUT2D eigenvalue weighted by Gasteiger charge is -2.22. The molecular formula is C12H18O2. The van der Waals surface area contributed by atoms with Gasteiger partial charge in [0.1, 0.15) is 11.5 Å². The third-order valence-electron chi connectivity index (χ3n) is 2.22. The summed E-state index contributed by atoms with van der Waals surface area (Å²) in [5, 5.41) is 0. The smallest absolute Gasteiger partial charge is 0.126 e. The fraction of sp³-hybridized carbons (Fsp3) is 0.500. The second kappa shape index (κ2) is 3.91. The highest BCUT2D eigenvalue weighted by Crippen LogP contribution is 2.33. The van der Waals surface area contributed by atoms with Crippen molar-refractivity contribution in [2.45, 2.75) is 26.2 Å². The molecule has 0 aliphatic rings. The summed E-state index contributed by atoms with van der Waals surface area (Å²) < 4.78 is 10.5. The monoisotopic (exact) mass is 194 g/mol. The molecule has 0 aliphatic carbocycles. The Balaban J connectivity index is 3.18. The first-order valence-corrected chi connectivity index (χ1v) is 4.71. The van der Waals surface area contributed by atoms with Gasteiger partial charge in [-0.3, -0.25) is 0 Å². The maximum atomic E-state index is 5.33. The van der Waals surface area contributed by atoms with Gasteiger partial charge < -0.3 is 9.47 Å². The minimum atomic E-state index is 0.0949. The summed E-state index contributed by atoms with van der Waals surface area (Å²) in [5.74, 6) is 1.71. The summed E-state index contributed by atoms with van der Waals surface area (Å²) in [6, 6.07) is 5.93. The van der Waals surface area contributed by atoms with E-state index >= 15 is 0 Å². The van der Waals surface area contributed by atoms with Crippen molar-refractivity contribution in [1.29, 1.82) is 0 Å². The van der Waals surface area contributed by atoms with Crippen LogP contribution in [0.3, 0.4) is 0 Å². The molecule has 1 aromatic carbocycles. The van der Waals surface area contributed by atoms with E-state index in [0.29, 0.717) is 0 Å². The molecular weight excluding hydrogens is 176 g/mol. The molecule has 0 fully saturated rings. The number of hydrogen-bond donors (Lipinski definition) is 0. The minimum Gasteiger partial charge on any atom is -0.497 e. The maximum Gasteiger partial charge on any atom is 0.126 e. The Labute approximate surface area is 85.8 Å². The largest absolute Gasteiger partial charge is 0.497 e. The molecule has 0 unspecified atom stereocenters. The molecule has 0 amide bonds. The van der Waals surface area contributed by atoms with E-state index in [1.54, 1.807) is 14.2 Å². The van der Waals surface area contributed by atoms with Crippen LogP contribution in [0.1, 0.15) is 26.3 Å².